The molecular formula is C31H43N2NaO7. The molecule has 9 nitrogen and oxygen atoms in total. The molecule has 2 aromatic rings. The largest absolute Gasteiger partial charge is 1.00 e. The molecule has 10 heteroatoms. The van der Waals surface area contributed by atoms with Gasteiger partial charge in [-0.1, -0.05) is 75.6 Å². The zero-order chi connectivity index (χ0) is 29.3. The van der Waals surface area contributed by atoms with Crippen LogP contribution in [0, 0.1) is 5.92 Å². The first-order valence-electron chi connectivity index (χ1n) is 14.0. The smallest absolute Gasteiger partial charge is 0.554 e. The van der Waals surface area contributed by atoms with Gasteiger partial charge in [0.15, 0.2) is 6.29 Å². The molecule has 3 rings (SSSR count). The fourth-order valence-electron chi connectivity index (χ4n) is 4.75. The predicted octanol–water partition coefficient (Wildman–Crippen LogP) is 0.0572. The molecule has 41 heavy (non-hydrogen) atoms. The maximum absolute atomic E-state index is 12.7. The second-order valence-corrected chi connectivity index (χ2v) is 10.1. The van der Waals surface area contributed by atoms with E-state index in [0.717, 1.165) is 30.4 Å². The van der Waals surface area contributed by atoms with Crippen LogP contribution in [0.25, 0.3) is 11.1 Å². The molecule has 220 valence electrons. The minimum absolute atomic E-state index is 0. The molecule has 1 heterocycles. The van der Waals surface area contributed by atoms with Crippen molar-refractivity contribution in [2.45, 2.75) is 83.8 Å². The van der Waals surface area contributed by atoms with E-state index in [0.29, 0.717) is 31.6 Å². The van der Waals surface area contributed by atoms with E-state index in [1.807, 2.05) is 61.5 Å². The van der Waals surface area contributed by atoms with Gasteiger partial charge in [-0.15, -0.1) is 0 Å². The Morgan fingerprint density at radius 3 is 2.34 bits per heavy atom. The number of aliphatic hydroxyl groups excluding tert-OH is 1. The van der Waals surface area contributed by atoms with Gasteiger partial charge in [-0.2, -0.15) is 0 Å². The minimum atomic E-state index is -0.761. The van der Waals surface area contributed by atoms with Crippen molar-refractivity contribution in [1.29, 1.82) is 0 Å². The summed E-state index contributed by atoms with van der Waals surface area (Å²) in [5.74, 6) is -0.377. The van der Waals surface area contributed by atoms with Crippen molar-refractivity contribution in [2.75, 3.05) is 13.2 Å². The molecule has 0 spiro atoms. The van der Waals surface area contributed by atoms with E-state index in [-0.39, 0.29) is 47.3 Å². The fourth-order valence-corrected chi connectivity index (χ4v) is 4.75. The third-order valence-corrected chi connectivity index (χ3v) is 6.88. The van der Waals surface area contributed by atoms with Gasteiger partial charge in [-0.25, -0.2) is 0 Å². The van der Waals surface area contributed by atoms with Crippen LogP contribution in [0.2, 0.25) is 0 Å². The van der Waals surface area contributed by atoms with Gasteiger partial charge in [0.05, 0.1) is 18.2 Å². The van der Waals surface area contributed by atoms with E-state index in [1.54, 1.807) is 0 Å². The van der Waals surface area contributed by atoms with Crippen LogP contribution in [0.1, 0.15) is 69.7 Å². The Balaban J connectivity index is 0.00000201. The molecule has 2 aromatic carbocycles. The monoisotopic (exact) mass is 578 g/mol. The summed E-state index contributed by atoms with van der Waals surface area (Å²) in [5.41, 5.74) is 2.77. The van der Waals surface area contributed by atoms with Crippen LogP contribution in [0.3, 0.4) is 0 Å². The number of aliphatic hydroxyl groups is 1. The summed E-state index contributed by atoms with van der Waals surface area (Å²) < 4.78 is 12.1. The molecule has 4 unspecified atom stereocenters. The summed E-state index contributed by atoms with van der Waals surface area (Å²) in [4.78, 5) is 32.7. The first-order valence-corrected chi connectivity index (χ1v) is 14.0. The van der Waals surface area contributed by atoms with Crippen LogP contribution in [-0.2, 0) is 19.1 Å². The van der Waals surface area contributed by atoms with Crippen molar-refractivity contribution in [3.8, 4) is 11.1 Å². The summed E-state index contributed by atoms with van der Waals surface area (Å²) >= 11 is 0. The Labute approximate surface area is 265 Å². The molecule has 0 bridgehead atoms. The van der Waals surface area contributed by atoms with Gasteiger partial charge >= 0.3 is 29.6 Å². The Hall–Kier alpha value is -2.27. The van der Waals surface area contributed by atoms with Crippen LogP contribution in [0.15, 0.2) is 54.6 Å². The first kappa shape index (κ1) is 36.8. The number of hydrogen-bond acceptors (Lipinski definition) is 7. The topological polar surface area (TPSA) is 137 Å². The second-order valence-electron chi connectivity index (χ2n) is 10.1. The van der Waals surface area contributed by atoms with Gasteiger partial charge in [0.25, 0.3) is 5.91 Å². The maximum Gasteiger partial charge on any atom is 1.00 e. The van der Waals surface area contributed by atoms with Gasteiger partial charge in [0.1, 0.15) is 0 Å². The average molecular weight is 579 g/mol. The predicted molar refractivity (Wildman–Crippen MR) is 151 cm³/mol. The molecule has 5 atom stereocenters. The van der Waals surface area contributed by atoms with Crippen molar-refractivity contribution in [3.63, 3.8) is 0 Å². The molecule has 1 aliphatic rings. The summed E-state index contributed by atoms with van der Waals surface area (Å²) in [5, 5.41) is 24.9. The summed E-state index contributed by atoms with van der Waals surface area (Å²) in [6.07, 6.45) is 3.65. The molecule has 2 amide bonds. The number of hydrogen-bond donors (Lipinski definition) is 3. The van der Waals surface area contributed by atoms with E-state index in [9.17, 15) is 14.7 Å². The van der Waals surface area contributed by atoms with Gasteiger partial charge in [0.2, 0.25) is 5.91 Å². The van der Waals surface area contributed by atoms with Gasteiger partial charge in [-0.3, -0.25) is 9.59 Å². The molecule has 1 aliphatic heterocycles. The van der Waals surface area contributed by atoms with Crippen molar-refractivity contribution >= 4 is 18.3 Å². The van der Waals surface area contributed by atoms with E-state index >= 15 is 0 Å². The quantitative estimate of drug-likeness (QED) is 0.174. The van der Waals surface area contributed by atoms with Crippen LogP contribution < -0.4 is 45.3 Å². The maximum atomic E-state index is 12.7. The SMILES string of the molecule is CCCCCCOC1CC(O)[C@@H](NC(C)=O)C(C(C)CCNC(=O)c2ccc(-c3ccccc3)cc2)O1.O=C[O-].[Na+]. The second kappa shape index (κ2) is 20.6. The Morgan fingerprint density at radius 1 is 1.10 bits per heavy atom. The number of amides is 2. The van der Waals surface area contributed by atoms with Crippen LogP contribution in [-0.4, -0.2) is 61.1 Å². The average Bonchev–Trinajstić information content (AvgIpc) is 2.95. The first-order chi connectivity index (χ1) is 19.3. The van der Waals surface area contributed by atoms with E-state index < -0.39 is 31.0 Å². The molecule has 0 aromatic heterocycles. The number of rotatable bonds is 13. The number of unbranched alkanes of at least 4 members (excludes halogenated alkanes) is 3. The Kier molecular flexibility index (Phi) is 18.5. The van der Waals surface area contributed by atoms with Gasteiger partial charge < -0.3 is 35.1 Å². The van der Waals surface area contributed by atoms with Crippen molar-refractivity contribution in [1.82, 2.24) is 10.6 Å². The number of benzene rings is 2. The van der Waals surface area contributed by atoms with Crippen LogP contribution in [0.4, 0.5) is 0 Å². The fraction of sp³-hybridized carbons (Fsp3) is 0.516. The van der Waals surface area contributed by atoms with Crippen molar-refractivity contribution in [2.24, 2.45) is 5.92 Å². The summed E-state index contributed by atoms with van der Waals surface area (Å²) in [6, 6.07) is 17.1. The van der Waals surface area contributed by atoms with E-state index in [4.69, 9.17) is 19.4 Å². The molecule has 3 N–H and O–H groups in total. The third kappa shape index (κ3) is 13.1. The molecule has 1 fully saturated rings. The number of carbonyl (C=O) groups excluding carboxylic acids is 3. The molecular weight excluding hydrogens is 535 g/mol. The van der Waals surface area contributed by atoms with E-state index in [2.05, 4.69) is 17.6 Å². The Bertz CT molecular complexity index is 1020. The zero-order valence-electron chi connectivity index (χ0n) is 24.7. The molecule has 0 aliphatic carbocycles. The molecule has 0 saturated carbocycles. The summed E-state index contributed by atoms with van der Waals surface area (Å²) in [6.45, 7) is 6.15. The number of nitrogens with one attached hydrogen (secondary N) is 2. The van der Waals surface area contributed by atoms with E-state index in [1.165, 1.54) is 13.3 Å². The van der Waals surface area contributed by atoms with Crippen LogP contribution >= 0.6 is 0 Å². The van der Waals surface area contributed by atoms with Crippen LogP contribution in [0.5, 0.6) is 0 Å². The number of ether oxygens (including phenoxy) is 2. The minimum Gasteiger partial charge on any atom is -0.554 e. The number of carbonyl (C=O) groups is 3. The number of carboxylic acid groups (broad SMARTS) is 1. The normalized spacial score (nSPS) is 20.4. The van der Waals surface area contributed by atoms with Crippen molar-refractivity contribution < 1.29 is 63.6 Å². The molecule has 1 saturated heterocycles. The Morgan fingerprint density at radius 2 is 1.73 bits per heavy atom. The van der Waals surface area contributed by atoms with Gasteiger partial charge in [0, 0.05) is 38.5 Å². The standard InChI is InChI=1S/C30H42N2O5.CH2O2.Na/c1-4-5-6-10-19-36-27-20-26(34)28(32-22(3)33)29(37-27)21(2)17-18-31-30(35)25-15-13-24(14-16-25)23-11-8-7-9-12-23;2-1-3;/h7-9,11-16,21,26-29,34H,4-6,10,17-20H2,1-3H3,(H,31,35)(H,32,33);1H,(H,2,3);/q;;+1/p-1/t21?,26?,27?,28-,29?;;/m1../s1. The summed E-state index contributed by atoms with van der Waals surface area (Å²) in [7, 11) is 0. The van der Waals surface area contributed by atoms with Gasteiger partial charge in [-0.05, 0) is 42.0 Å². The van der Waals surface area contributed by atoms with Crippen molar-refractivity contribution in [3.05, 3.63) is 60.2 Å². The third-order valence-electron chi connectivity index (χ3n) is 6.88. The molecule has 0 radical (unpaired) electrons. The zero-order valence-corrected chi connectivity index (χ0v) is 26.7.